The minimum Gasteiger partial charge on any atom is -0.454 e. The fourth-order valence-electron chi connectivity index (χ4n) is 3.02. The third kappa shape index (κ3) is 4.97. The predicted octanol–water partition coefficient (Wildman–Crippen LogP) is 2.69. The topological polar surface area (TPSA) is 107 Å². The lowest BCUT2D eigenvalue weighted by Gasteiger charge is -2.09. The number of hydrogen-bond donors (Lipinski definition) is 2. The summed E-state index contributed by atoms with van der Waals surface area (Å²) in [5.74, 6) is 1.62. The summed E-state index contributed by atoms with van der Waals surface area (Å²) in [6.45, 7) is 2.94. The second kappa shape index (κ2) is 9.52. The number of para-hydroxylation sites is 1. The smallest absolute Gasteiger partial charge is 0.251 e. The first-order valence-electron chi connectivity index (χ1n) is 9.71. The molecular weight excluding hydrogens is 418 g/mol. The fraction of sp³-hybridized carbons (Fsp3) is 0.238. The van der Waals surface area contributed by atoms with E-state index in [4.69, 9.17) is 9.47 Å². The van der Waals surface area contributed by atoms with E-state index in [0.717, 1.165) is 5.69 Å². The van der Waals surface area contributed by atoms with Gasteiger partial charge in [-0.15, -0.1) is 10.2 Å². The molecule has 2 heterocycles. The van der Waals surface area contributed by atoms with E-state index in [0.29, 0.717) is 34.6 Å². The van der Waals surface area contributed by atoms with Crippen LogP contribution in [-0.4, -0.2) is 39.1 Å². The molecule has 160 valence electrons. The van der Waals surface area contributed by atoms with Crippen LogP contribution in [0.1, 0.15) is 23.1 Å². The number of amides is 2. The average Bonchev–Trinajstić information content (AvgIpc) is 3.42. The molecule has 0 fully saturated rings. The molecule has 9 nitrogen and oxygen atoms in total. The molecule has 0 aliphatic carbocycles. The SMILES string of the molecule is CCn1c(CNC(=O)c2ccc3c(c2)OCO3)nnc1SCC(=O)Nc1ccccc1. The Morgan fingerprint density at radius 2 is 1.90 bits per heavy atom. The Bertz CT molecular complexity index is 1090. The van der Waals surface area contributed by atoms with Gasteiger partial charge in [0.15, 0.2) is 22.5 Å². The van der Waals surface area contributed by atoms with Gasteiger partial charge in [-0.1, -0.05) is 30.0 Å². The summed E-state index contributed by atoms with van der Waals surface area (Å²) in [5.41, 5.74) is 1.22. The van der Waals surface area contributed by atoms with Gasteiger partial charge in [0.25, 0.3) is 5.91 Å². The molecule has 3 aromatic rings. The quantitative estimate of drug-likeness (QED) is 0.520. The van der Waals surface area contributed by atoms with E-state index in [9.17, 15) is 9.59 Å². The van der Waals surface area contributed by atoms with Crippen molar-refractivity contribution < 1.29 is 19.1 Å². The summed E-state index contributed by atoms with van der Waals surface area (Å²) >= 11 is 1.30. The van der Waals surface area contributed by atoms with Crippen LogP contribution in [0.4, 0.5) is 5.69 Å². The first-order chi connectivity index (χ1) is 15.1. The average molecular weight is 439 g/mol. The second-order valence-electron chi connectivity index (χ2n) is 6.60. The molecule has 0 spiro atoms. The third-order valence-electron chi connectivity index (χ3n) is 4.54. The lowest BCUT2D eigenvalue weighted by atomic mass is 10.2. The fourth-order valence-corrected chi connectivity index (χ4v) is 3.84. The Morgan fingerprint density at radius 3 is 2.71 bits per heavy atom. The number of nitrogens with one attached hydrogen (secondary N) is 2. The van der Waals surface area contributed by atoms with Crippen molar-refractivity contribution in [2.75, 3.05) is 17.9 Å². The van der Waals surface area contributed by atoms with Gasteiger partial charge in [-0.3, -0.25) is 9.59 Å². The highest BCUT2D eigenvalue weighted by Crippen LogP contribution is 2.32. The van der Waals surface area contributed by atoms with Gasteiger partial charge in [0.1, 0.15) is 0 Å². The summed E-state index contributed by atoms with van der Waals surface area (Å²) in [7, 11) is 0. The summed E-state index contributed by atoms with van der Waals surface area (Å²) < 4.78 is 12.4. The molecule has 2 amide bonds. The lowest BCUT2D eigenvalue weighted by molar-refractivity contribution is -0.113. The van der Waals surface area contributed by atoms with E-state index in [2.05, 4.69) is 20.8 Å². The van der Waals surface area contributed by atoms with Crippen molar-refractivity contribution in [2.45, 2.75) is 25.2 Å². The number of nitrogens with zero attached hydrogens (tertiary/aromatic N) is 3. The highest BCUT2D eigenvalue weighted by molar-refractivity contribution is 7.99. The molecular formula is C21H21N5O4S. The van der Waals surface area contributed by atoms with Gasteiger partial charge in [-0.2, -0.15) is 0 Å². The maximum Gasteiger partial charge on any atom is 0.251 e. The van der Waals surface area contributed by atoms with E-state index >= 15 is 0 Å². The van der Waals surface area contributed by atoms with Crippen molar-refractivity contribution >= 4 is 29.3 Å². The zero-order chi connectivity index (χ0) is 21.6. The second-order valence-corrected chi connectivity index (χ2v) is 7.54. The number of carbonyl (C=O) groups excluding carboxylic acids is 2. The number of fused-ring (bicyclic) bond motifs is 1. The standard InChI is InChI=1S/C21H21N5O4S/c1-2-26-18(11-22-20(28)14-8-9-16-17(10-14)30-13-29-16)24-25-21(26)31-12-19(27)23-15-6-4-3-5-7-15/h3-10H,2,11-13H2,1H3,(H,22,28)(H,23,27). The molecule has 0 atom stereocenters. The van der Waals surface area contributed by atoms with Crippen LogP contribution in [0.5, 0.6) is 11.5 Å². The maximum atomic E-state index is 12.5. The highest BCUT2D eigenvalue weighted by Gasteiger charge is 2.18. The van der Waals surface area contributed by atoms with E-state index in [1.54, 1.807) is 18.2 Å². The molecule has 10 heteroatoms. The van der Waals surface area contributed by atoms with Crippen LogP contribution in [0, 0.1) is 0 Å². The molecule has 0 unspecified atom stereocenters. The normalized spacial score (nSPS) is 11.9. The number of hydrogen-bond acceptors (Lipinski definition) is 7. The van der Waals surface area contributed by atoms with Crippen LogP contribution in [0.15, 0.2) is 53.7 Å². The van der Waals surface area contributed by atoms with Crippen molar-refractivity contribution in [3.8, 4) is 11.5 Å². The van der Waals surface area contributed by atoms with E-state index in [-0.39, 0.29) is 30.9 Å². The first-order valence-corrected chi connectivity index (χ1v) is 10.7. The number of aromatic nitrogens is 3. The Hall–Kier alpha value is -3.53. The van der Waals surface area contributed by atoms with E-state index < -0.39 is 0 Å². The number of thioether (sulfide) groups is 1. The van der Waals surface area contributed by atoms with Gasteiger partial charge in [0, 0.05) is 17.8 Å². The molecule has 1 aliphatic rings. The molecule has 0 bridgehead atoms. The van der Waals surface area contributed by atoms with Gasteiger partial charge in [-0.25, -0.2) is 0 Å². The third-order valence-corrected chi connectivity index (χ3v) is 5.51. The number of carbonyl (C=O) groups is 2. The zero-order valence-corrected chi connectivity index (χ0v) is 17.6. The van der Waals surface area contributed by atoms with Gasteiger partial charge in [-0.05, 0) is 37.3 Å². The molecule has 31 heavy (non-hydrogen) atoms. The summed E-state index contributed by atoms with van der Waals surface area (Å²) in [6.07, 6.45) is 0. The van der Waals surface area contributed by atoms with Crippen LogP contribution in [0.25, 0.3) is 0 Å². The lowest BCUT2D eigenvalue weighted by Crippen LogP contribution is -2.24. The molecule has 1 aromatic heterocycles. The highest BCUT2D eigenvalue weighted by atomic mass is 32.2. The molecule has 1 aliphatic heterocycles. The number of ether oxygens (including phenoxy) is 2. The minimum absolute atomic E-state index is 0.125. The van der Waals surface area contributed by atoms with Crippen LogP contribution < -0.4 is 20.1 Å². The monoisotopic (exact) mass is 439 g/mol. The number of rotatable bonds is 8. The molecule has 0 radical (unpaired) electrons. The molecule has 2 N–H and O–H groups in total. The van der Waals surface area contributed by atoms with Gasteiger partial charge < -0.3 is 24.7 Å². The summed E-state index contributed by atoms with van der Waals surface area (Å²) in [5, 5.41) is 14.7. The van der Waals surface area contributed by atoms with Crippen LogP contribution in [0.3, 0.4) is 0 Å². The Labute approximate surface area is 183 Å². The van der Waals surface area contributed by atoms with Gasteiger partial charge >= 0.3 is 0 Å². The van der Waals surface area contributed by atoms with Crippen molar-refractivity contribution in [3.63, 3.8) is 0 Å². The van der Waals surface area contributed by atoms with Crippen LogP contribution in [0.2, 0.25) is 0 Å². The largest absolute Gasteiger partial charge is 0.454 e. The predicted molar refractivity (Wildman–Crippen MR) is 115 cm³/mol. The van der Waals surface area contributed by atoms with Crippen LogP contribution >= 0.6 is 11.8 Å². The summed E-state index contributed by atoms with van der Waals surface area (Å²) in [4.78, 5) is 24.7. The van der Waals surface area contributed by atoms with Gasteiger partial charge in [0.05, 0.1) is 12.3 Å². The Morgan fingerprint density at radius 1 is 1.10 bits per heavy atom. The molecule has 0 saturated carbocycles. The minimum atomic E-state index is -0.250. The van der Waals surface area contributed by atoms with Crippen molar-refractivity contribution in [1.29, 1.82) is 0 Å². The van der Waals surface area contributed by atoms with Crippen LogP contribution in [-0.2, 0) is 17.9 Å². The zero-order valence-electron chi connectivity index (χ0n) is 16.8. The van der Waals surface area contributed by atoms with Crippen molar-refractivity contribution in [1.82, 2.24) is 20.1 Å². The number of anilines is 1. The van der Waals surface area contributed by atoms with E-state index in [1.807, 2.05) is 41.8 Å². The van der Waals surface area contributed by atoms with Crippen molar-refractivity contribution in [2.24, 2.45) is 0 Å². The van der Waals surface area contributed by atoms with E-state index in [1.165, 1.54) is 11.8 Å². The number of benzene rings is 2. The summed E-state index contributed by atoms with van der Waals surface area (Å²) in [6, 6.07) is 14.3. The van der Waals surface area contributed by atoms with Gasteiger partial charge in [0.2, 0.25) is 12.7 Å². The Kier molecular flexibility index (Phi) is 6.37. The first kappa shape index (κ1) is 20.7. The molecule has 0 saturated heterocycles. The maximum absolute atomic E-state index is 12.5. The molecule has 4 rings (SSSR count). The molecule has 2 aromatic carbocycles. The Balaban J connectivity index is 1.33. The van der Waals surface area contributed by atoms with Crippen molar-refractivity contribution in [3.05, 3.63) is 59.9 Å².